The lowest BCUT2D eigenvalue weighted by Crippen LogP contribution is -3.14. The van der Waals surface area contributed by atoms with Gasteiger partial charge in [-0.1, -0.05) is 18.2 Å². The van der Waals surface area contributed by atoms with Gasteiger partial charge in [-0.25, -0.2) is 9.18 Å². The minimum atomic E-state index is -0.800. The molecule has 2 rings (SSSR count). The number of nitrogens with one attached hydrogen (secondary N) is 3. The van der Waals surface area contributed by atoms with Gasteiger partial charge in [-0.05, 0) is 43.0 Å². The maximum absolute atomic E-state index is 13.3. The van der Waals surface area contributed by atoms with Gasteiger partial charge in [-0.2, -0.15) is 0 Å². The zero-order chi connectivity index (χ0) is 21.2. The summed E-state index contributed by atoms with van der Waals surface area (Å²) in [5, 5.41) is 6.99. The van der Waals surface area contributed by atoms with Crippen LogP contribution in [0.1, 0.15) is 30.3 Å². The van der Waals surface area contributed by atoms with E-state index >= 15 is 0 Å². The average molecular weight is 423 g/mol. The van der Waals surface area contributed by atoms with Gasteiger partial charge in [0.2, 0.25) is 0 Å². The summed E-state index contributed by atoms with van der Waals surface area (Å²) in [4.78, 5) is 37.5. The van der Waals surface area contributed by atoms with Crippen molar-refractivity contribution in [2.24, 2.45) is 0 Å². The molecule has 2 atom stereocenters. The van der Waals surface area contributed by atoms with Gasteiger partial charge >= 0.3 is 6.09 Å². The summed E-state index contributed by atoms with van der Waals surface area (Å²) in [5.41, 5.74) is 0.764. The van der Waals surface area contributed by atoms with Crippen molar-refractivity contribution in [3.63, 3.8) is 0 Å². The van der Waals surface area contributed by atoms with E-state index in [9.17, 15) is 18.8 Å². The third kappa shape index (κ3) is 7.28. The summed E-state index contributed by atoms with van der Waals surface area (Å²) in [5.74, 6) is -1.12. The van der Waals surface area contributed by atoms with E-state index in [0.717, 1.165) is 10.4 Å². The molecule has 0 aliphatic heterocycles. The molecule has 7 nitrogen and oxygen atoms in total. The predicted molar refractivity (Wildman–Crippen MR) is 107 cm³/mol. The van der Waals surface area contributed by atoms with Crippen LogP contribution in [0.2, 0.25) is 0 Å². The van der Waals surface area contributed by atoms with E-state index in [2.05, 4.69) is 15.4 Å². The van der Waals surface area contributed by atoms with Gasteiger partial charge in [0.25, 0.3) is 11.8 Å². The molecule has 3 amide bonds. The quantitative estimate of drug-likeness (QED) is 0.568. The van der Waals surface area contributed by atoms with Crippen molar-refractivity contribution in [3.05, 3.63) is 58.0 Å². The smallest absolute Gasteiger partial charge is 0.414 e. The minimum Gasteiger partial charge on any atom is -0.450 e. The number of hydrogen-bond donors (Lipinski definition) is 3. The summed E-state index contributed by atoms with van der Waals surface area (Å²) in [6.45, 7) is 4.18. The van der Waals surface area contributed by atoms with Crippen LogP contribution in [0.25, 0.3) is 0 Å². The Morgan fingerprint density at radius 2 is 1.79 bits per heavy atom. The molecule has 0 fully saturated rings. The van der Waals surface area contributed by atoms with Crippen LogP contribution in [0.4, 0.5) is 9.18 Å². The largest absolute Gasteiger partial charge is 0.450 e. The van der Waals surface area contributed by atoms with E-state index in [1.807, 2.05) is 24.4 Å². The standard InChI is InChI=1S/C20H24FN3O4S/c1-3-24(13-18(26)23-20(27)28-4-2)12-17(25)22-19(16-6-5-11-29-16)14-7-9-15(21)10-8-14/h5-11,19H,3-4,12-13H2,1-2H3,(H,22,25)(H,23,26,27)/p+1/t19-/m1/s1. The molecule has 1 unspecified atom stereocenters. The van der Waals surface area contributed by atoms with Crippen LogP contribution in [0.3, 0.4) is 0 Å². The first-order valence-corrected chi connectivity index (χ1v) is 10.2. The van der Waals surface area contributed by atoms with E-state index in [1.54, 1.807) is 19.1 Å². The number of hydrogen-bond acceptors (Lipinski definition) is 5. The Balaban J connectivity index is 2.00. The Hall–Kier alpha value is -2.78. The molecule has 1 aromatic carbocycles. The SMILES string of the molecule is CCOC(=O)NC(=O)C[NH+](CC)CC(=O)N[C@H](c1ccc(F)cc1)c1cccs1. The van der Waals surface area contributed by atoms with Gasteiger partial charge in [0, 0.05) is 4.88 Å². The Labute approximate surface area is 172 Å². The number of benzene rings is 1. The van der Waals surface area contributed by atoms with Crippen molar-refractivity contribution < 1.29 is 28.4 Å². The molecule has 9 heteroatoms. The van der Waals surface area contributed by atoms with E-state index in [-0.39, 0.29) is 31.4 Å². The molecule has 2 aromatic rings. The fraction of sp³-hybridized carbons (Fsp3) is 0.350. The lowest BCUT2D eigenvalue weighted by molar-refractivity contribution is -0.881. The van der Waals surface area contributed by atoms with Crippen molar-refractivity contribution in [1.29, 1.82) is 0 Å². The van der Waals surface area contributed by atoms with Crippen molar-refractivity contribution in [1.82, 2.24) is 10.6 Å². The van der Waals surface area contributed by atoms with Gasteiger partial charge < -0.3 is 15.0 Å². The average Bonchev–Trinajstić information content (AvgIpc) is 3.21. The molecule has 0 radical (unpaired) electrons. The molecule has 0 saturated heterocycles. The first kappa shape index (κ1) is 22.5. The van der Waals surface area contributed by atoms with Gasteiger partial charge in [0.05, 0.1) is 19.2 Å². The normalized spacial score (nSPS) is 12.7. The Bertz CT molecular complexity index is 812. The van der Waals surface area contributed by atoms with Crippen LogP contribution in [0.5, 0.6) is 0 Å². The van der Waals surface area contributed by atoms with Gasteiger partial charge in [0.15, 0.2) is 13.1 Å². The Morgan fingerprint density at radius 1 is 1.10 bits per heavy atom. The summed E-state index contributed by atoms with van der Waals surface area (Å²) >= 11 is 1.49. The number of carbonyl (C=O) groups excluding carboxylic acids is 3. The van der Waals surface area contributed by atoms with Gasteiger partial charge in [-0.15, -0.1) is 11.3 Å². The molecule has 0 spiro atoms. The number of carbonyl (C=O) groups is 3. The van der Waals surface area contributed by atoms with Gasteiger partial charge in [0.1, 0.15) is 5.82 Å². The maximum Gasteiger partial charge on any atom is 0.414 e. The number of imide groups is 1. The number of thiophene rings is 1. The highest BCUT2D eigenvalue weighted by Gasteiger charge is 2.22. The summed E-state index contributed by atoms with van der Waals surface area (Å²) in [7, 11) is 0. The Morgan fingerprint density at radius 3 is 2.38 bits per heavy atom. The molecule has 1 heterocycles. The van der Waals surface area contributed by atoms with E-state index in [4.69, 9.17) is 0 Å². The number of rotatable bonds is 9. The summed E-state index contributed by atoms with van der Waals surface area (Å²) in [6.07, 6.45) is -0.800. The van der Waals surface area contributed by atoms with Gasteiger partial charge in [-0.3, -0.25) is 14.9 Å². The Kier molecular flexibility index (Phi) is 8.75. The second-order valence-corrected chi connectivity index (χ2v) is 7.27. The number of quaternary nitrogens is 1. The van der Waals surface area contributed by atoms with Crippen LogP contribution in [0.15, 0.2) is 41.8 Å². The lowest BCUT2D eigenvalue weighted by Gasteiger charge is -2.21. The van der Waals surface area contributed by atoms with Crippen LogP contribution in [-0.4, -0.2) is 44.1 Å². The van der Waals surface area contributed by atoms with Crippen LogP contribution < -0.4 is 15.5 Å². The van der Waals surface area contributed by atoms with Crippen molar-refractivity contribution in [2.75, 3.05) is 26.2 Å². The zero-order valence-electron chi connectivity index (χ0n) is 16.4. The molecule has 1 aromatic heterocycles. The summed E-state index contributed by atoms with van der Waals surface area (Å²) in [6, 6.07) is 9.35. The fourth-order valence-electron chi connectivity index (χ4n) is 2.73. The lowest BCUT2D eigenvalue weighted by atomic mass is 10.1. The predicted octanol–water partition coefficient (Wildman–Crippen LogP) is 1.27. The summed E-state index contributed by atoms with van der Waals surface area (Å²) < 4.78 is 17.9. The van der Waals surface area contributed by atoms with Crippen LogP contribution in [0, 0.1) is 5.82 Å². The molecule has 156 valence electrons. The number of amides is 3. The first-order valence-electron chi connectivity index (χ1n) is 9.31. The minimum absolute atomic E-state index is 0.0387. The third-order valence-electron chi connectivity index (χ3n) is 4.17. The maximum atomic E-state index is 13.3. The monoisotopic (exact) mass is 422 g/mol. The highest BCUT2D eigenvalue weighted by atomic mass is 32.1. The highest BCUT2D eigenvalue weighted by molar-refractivity contribution is 7.10. The van der Waals surface area contributed by atoms with Crippen LogP contribution in [-0.2, 0) is 14.3 Å². The zero-order valence-corrected chi connectivity index (χ0v) is 17.2. The molecule has 0 saturated carbocycles. The number of ether oxygens (including phenoxy) is 1. The number of alkyl carbamates (subject to hydrolysis) is 1. The molecular weight excluding hydrogens is 397 g/mol. The van der Waals surface area contributed by atoms with E-state index in [1.165, 1.54) is 23.5 Å². The molecule has 0 bridgehead atoms. The van der Waals surface area contributed by atoms with Crippen LogP contribution >= 0.6 is 11.3 Å². The second-order valence-electron chi connectivity index (χ2n) is 6.29. The molecule has 0 aliphatic carbocycles. The number of halogens is 1. The molecular formula is C20H25FN3O4S+. The van der Waals surface area contributed by atoms with Crippen molar-refractivity contribution in [3.8, 4) is 0 Å². The molecule has 0 aliphatic rings. The van der Waals surface area contributed by atoms with E-state index in [0.29, 0.717) is 11.4 Å². The van der Waals surface area contributed by atoms with Crippen molar-refractivity contribution >= 4 is 29.2 Å². The molecule has 3 N–H and O–H groups in total. The third-order valence-corrected chi connectivity index (χ3v) is 5.11. The first-order chi connectivity index (χ1) is 13.9. The second kappa shape index (κ2) is 11.3. The highest BCUT2D eigenvalue weighted by Crippen LogP contribution is 2.26. The topological polar surface area (TPSA) is 88.9 Å². The van der Waals surface area contributed by atoms with E-state index < -0.39 is 18.0 Å². The molecule has 29 heavy (non-hydrogen) atoms. The van der Waals surface area contributed by atoms with Crippen molar-refractivity contribution in [2.45, 2.75) is 19.9 Å². The number of likely N-dealkylation sites (N-methyl/N-ethyl adjacent to an activating group) is 1. The fourth-order valence-corrected chi connectivity index (χ4v) is 3.54.